The number of carbonyl (C=O) groups excluding carboxylic acids is 1. The molecule has 0 aromatic carbocycles. The first-order chi connectivity index (χ1) is 10.9. The van der Waals surface area contributed by atoms with E-state index in [2.05, 4.69) is 0 Å². The molecule has 0 unspecified atom stereocenters. The van der Waals surface area contributed by atoms with Gasteiger partial charge in [-0.05, 0) is 56.3 Å². The van der Waals surface area contributed by atoms with Crippen LogP contribution in [-0.2, 0) is 9.53 Å². The SMILES string of the molecule is O=[C]OC(C1CCCCC1)(C1CCCCC1)C1CCCCC1. The average Bonchev–Trinajstić information content (AvgIpc) is 2.62. The Balaban J connectivity index is 1.89. The Morgan fingerprint density at radius 2 is 0.909 bits per heavy atom. The van der Waals surface area contributed by atoms with Crippen molar-refractivity contribution in [3.8, 4) is 0 Å². The van der Waals surface area contributed by atoms with Crippen LogP contribution in [0, 0.1) is 17.8 Å². The lowest BCUT2D eigenvalue weighted by Gasteiger charge is -2.52. The second-order valence-corrected chi connectivity index (χ2v) is 8.04. The zero-order chi connectivity index (χ0) is 15.3. The molecule has 0 N–H and O–H groups in total. The van der Waals surface area contributed by atoms with Crippen molar-refractivity contribution in [2.45, 2.75) is 102 Å². The van der Waals surface area contributed by atoms with E-state index in [9.17, 15) is 4.79 Å². The Bertz CT molecular complexity index is 288. The molecule has 0 bridgehead atoms. The van der Waals surface area contributed by atoms with Gasteiger partial charge in [0.05, 0.1) is 0 Å². The predicted octanol–water partition coefficient (Wildman–Crippen LogP) is 5.55. The smallest absolute Gasteiger partial charge is 0.418 e. The van der Waals surface area contributed by atoms with Gasteiger partial charge in [0.1, 0.15) is 5.60 Å². The van der Waals surface area contributed by atoms with Gasteiger partial charge in [-0.25, -0.2) is 4.79 Å². The van der Waals surface area contributed by atoms with Gasteiger partial charge in [0.25, 0.3) is 0 Å². The monoisotopic (exact) mass is 305 g/mol. The number of rotatable bonds is 5. The Hall–Kier alpha value is -0.530. The molecule has 0 aromatic heterocycles. The van der Waals surface area contributed by atoms with Crippen LogP contribution in [0.25, 0.3) is 0 Å². The lowest BCUT2D eigenvalue weighted by Crippen LogP contribution is -2.55. The first-order valence-corrected chi connectivity index (χ1v) is 9.93. The zero-order valence-corrected chi connectivity index (χ0v) is 14.2. The minimum absolute atomic E-state index is 0.164. The van der Waals surface area contributed by atoms with E-state index in [4.69, 9.17) is 4.74 Å². The molecule has 3 saturated carbocycles. The third-order valence-corrected chi connectivity index (χ3v) is 6.95. The molecular weight excluding hydrogens is 272 g/mol. The standard InChI is InChI=1S/C20H33O2/c21-16-22-20(17-10-4-1-5-11-17,18-12-6-2-7-13-18)19-14-8-3-9-15-19/h17-19H,1-15H2. The normalized spacial score (nSPS) is 26.7. The Morgan fingerprint density at radius 1 is 0.591 bits per heavy atom. The third kappa shape index (κ3) is 3.21. The van der Waals surface area contributed by atoms with E-state index >= 15 is 0 Å². The van der Waals surface area contributed by atoms with Crippen molar-refractivity contribution in [1.29, 1.82) is 0 Å². The molecule has 2 heteroatoms. The maximum Gasteiger partial charge on any atom is 0.418 e. The van der Waals surface area contributed by atoms with Crippen molar-refractivity contribution in [2.75, 3.05) is 0 Å². The second-order valence-electron chi connectivity index (χ2n) is 8.04. The van der Waals surface area contributed by atoms with Crippen LogP contribution < -0.4 is 0 Å². The fourth-order valence-electron chi connectivity index (χ4n) is 5.98. The molecule has 3 fully saturated rings. The summed E-state index contributed by atoms with van der Waals surface area (Å²) in [5.74, 6) is 1.82. The van der Waals surface area contributed by atoms with Gasteiger partial charge in [-0.1, -0.05) is 57.8 Å². The first kappa shape index (κ1) is 16.3. The minimum atomic E-state index is -0.164. The highest BCUT2D eigenvalue weighted by molar-refractivity contribution is 5.40. The van der Waals surface area contributed by atoms with Crippen molar-refractivity contribution in [1.82, 2.24) is 0 Å². The van der Waals surface area contributed by atoms with Crippen LogP contribution >= 0.6 is 0 Å². The van der Waals surface area contributed by atoms with Gasteiger partial charge in [-0.3, -0.25) is 0 Å². The topological polar surface area (TPSA) is 26.3 Å². The van der Waals surface area contributed by atoms with Crippen LogP contribution in [0.5, 0.6) is 0 Å². The van der Waals surface area contributed by atoms with E-state index in [-0.39, 0.29) is 5.60 Å². The number of ether oxygens (including phenoxy) is 1. The minimum Gasteiger partial charge on any atom is -0.450 e. The fraction of sp³-hybridized carbons (Fsp3) is 0.950. The summed E-state index contributed by atoms with van der Waals surface area (Å²) < 4.78 is 6.04. The van der Waals surface area contributed by atoms with Crippen LogP contribution in [-0.4, -0.2) is 12.1 Å². The molecule has 0 aromatic rings. The van der Waals surface area contributed by atoms with Crippen molar-refractivity contribution in [3.63, 3.8) is 0 Å². The number of hydrogen-bond acceptors (Lipinski definition) is 2. The Kier molecular flexibility index (Phi) is 5.82. The third-order valence-electron chi connectivity index (χ3n) is 6.95. The molecule has 125 valence electrons. The molecule has 0 amide bonds. The first-order valence-electron chi connectivity index (χ1n) is 9.93. The second kappa shape index (κ2) is 7.84. The van der Waals surface area contributed by atoms with E-state index in [1.54, 1.807) is 0 Å². The van der Waals surface area contributed by atoms with Gasteiger partial charge in [0.15, 0.2) is 0 Å². The molecule has 0 spiro atoms. The van der Waals surface area contributed by atoms with Gasteiger partial charge in [0.2, 0.25) is 0 Å². The van der Waals surface area contributed by atoms with Crippen molar-refractivity contribution >= 4 is 6.47 Å². The maximum atomic E-state index is 11.4. The highest BCUT2D eigenvalue weighted by atomic mass is 16.5. The molecule has 22 heavy (non-hydrogen) atoms. The Labute approximate surface area is 136 Å². The van der Waals surface area contributed by atoms with Gasteiger partial charge >= 0.3 is 6.47 Å². The summed E-state index contributed by atoms with van der Waals surface area (Å²) in [6, 6.07) is 0. The summed E-state index contributed by atoms with van der Waals surface area (Å²) >= 11 is 0. The number of hydrogen-bond donors (Lipinski definition) is 0. The summed E-state index contributed by atoms with van der Waals surface area (Å²) in [4.78, 5) is 11.4. The molecule has 3 aliphatic carbocycles. The summed E-state index contributed by atoms with van der Waals surface area (Å²) in [5.41, 5.74) is -0.164. The highest BCUT2D eigenvalue weighted by Gasteiger charge is 2.52. The van der Waals surface area contributed by atoms with Crippen LogP contribution in [0.4, 0.5) is 0 Å². The highest BCUT2D eigenvalue weighted by Crippen LogP contribution is 2.52. The zero-order valence-electron chi connectivity index (χ0n) is 14.2. The molecule has 0 aliphatic heterocycles. The molecule has 0 saturated heterocycles. The molecule has 2 nitrogen and oxygen atoms in total. The van der Waals surface area contributed by atoms with Crippen molar-refractivity contribution in [2.24, 2.45) is 17.8 Å². The molecule has 3 rings (SSSR count). The van der Waals surface area contributed by atoms with Gasteiger partial charge in [0, 0.05) is 0 Å². The van der Waals surface area contributed by atoms with E-state index in [1.807, 2.05) is 6.47 Å². The fourth-order valence-corrected chi connectivity index (χ4v) is 5.98. The van der Waals surface area contributed by atoms with E-state index in [0.29, 0.717) is 17.8 Å². The van der Waals surface area contributed by atoms with Crippen molar-refractivity contribution in [3.05, 3.63) is 0 Å². The maximum absolute atomic E-state index is 11.4. The summed E-state index contributed by atoms with van der Waals surface area (Å²) in [6.07, 6.45) is 19.7. The van der Waals surface area contributed by atoms with Crippen LogP contribution in [0.3, 0.4) is 0 Å². The lowest BCUT2D eigenvalue weighted by atomic mass is 9.58. The van der Waals surface area contributed by atoms with E-state index < -0.39 is 0 Å². The van der Waals surface area contributed by atoms with E-state index in [0.717, 1.165) is 0 Å². The molecule has 0 heterocycles. The van der Waals surface area contributed by atoms with Gasteiger partial charge in [-0.15, -0.1) is 0 Å². The largest absolute Gasteiger partial charge is 0.450 e. The van der Waals surface area contributed by atoms with Crippen LogP contribution in [0.2, 0.25) is 0 Å². The summed E-state index contributed by atoms with van der Waals surface area (Å²) in [5, 5.41) is 0. The van der Waals surface area contributed by atoms with Gasteiger partial charge < -0.3 is 4.74 Å². The molecule has 3 aliphatic rings. The van der Waals surface area contributed by atoms with Gasteiger partial charge in [-0.2, -0.15) is 0 Å². The average molecular weight is 305 g/mol. The quantitative estimate of drug-likeness (QED) is 0.665. The van der Waals surface area contributed by atoms with Crippen LogP contribution in [0.15, 0.2) is 0 Å². The summed E-state index contributed by atoms with van der Waals surface area (Å²) in [7, 11) is 0. The van der Waals surface area contributed by atoms with Crippen LogP contribution in [0.1, 0.15) is 96.3 Å². The summed E-state index contributed by atoms with van der Waals surface area (Å²) in [6.45, 7) is 1.95. The molecule has 0 atom stereocenters. The lowest BCUT2D eigenvalue weighted by molar-refractivity contribution is -0.131. The molecular formula is C20H33O2. The van der Waals surface area contributed by atoms with Crippen molar-refractivity contribution < 1.29 is 9.53 Å². The predicted molar refractivity (Wildman–Crippen MR) is 89.2 cm³/mol. The molecule has 1 radical (unpaired) electrons. The van der Waals surface area contributed by atoms with E-state index in [1.165, 1.54) is 96.3 Å². The Morgan fingerprint density at radius 3 is 1.18 bits per heavy atom.